The lowest BCUT2D eigenvalue weighted by atomic mass is 9.60. The van der Waals surface area contributed by atoms with Crippen LogP contribution in [0.4, 0.5) is 0 Å². The van der Waals surface area contributed by atoms with E-state index in [1.54, 1.807) is 0 Å². The third-order valence-corrected chi connectivity index (χ3v) is 5.73. The summed E-state index contributed by atoms with van der Waals surface area (Å²) in [7, 11) is 2.90. The number of rotatable bonds is 2. The third kappa shape index (κ3) is 1.42. The van der Waals surface area contributed by atoms with Crippen LogP contribution in [0.1, 0.15) is 13.3 Å². The summed E-state index contributed by atoms with van der Waals surface area (Å²) < 4.78 is 17.1. The Morgan fingerprint density at radius 3 is 2.53 bits per heavy atom. The first-order valence-corrected chi connectivity index (χ1v) is 6.97. The summed E-state index contributed by atoms with van der Waals surface area (Å²) in [6.45, 7) is 1.91. The predicted octanol–water partition coefficient (Wildman–Crippen LogP) is 1.40. The number of halogens is 1. The van der Waals surface area contributed by atoms with Crippen molar-refractivity contribution in [1.82, 2.24) is 0 Å². The molecular weight excluding hydrogens is 316 g/mol. The number of hydrogen-bond acceptors (Lipinski definition) is 5. The van der Waals surface area contributed by atoms with Gasteiger partial charge in [0.25, 0.3) is 0 Å². The number of ketones is 1. The molecule has 4 atom stereocenters. The molecule has 104 valence electrons. The normalized spacial score (nSPS) is 39.6. The van der Waals surface area contributed by atoms with E-state index < -0.39 is 11.7 Å². The van der Waals surface area contributed by atoms with E-state index in [1.807, 2.05) is 6.92 Å². The molecule has 0 aromatic heterocycles. The van der Waals surface area contributed by atoms with Crippen LogP contribution in [-0.4, -0.2) is 37.9 Å². The van der Waals surface area contributed by atoms with Crippen molar-refractivity contribution in [3.05, 3.63) is 10.1 Å². The monoisotopic (exact) mass is 330 g/mol. The number of fused-ring (bicyclic) bond motifs is 1. The molecule has 4 aliphatic rings. The highest BCUT2D eigenvalue weighted by molar-refractivity contribution is 9.11. The molecule has 1 heterocycles. The number of carbonyl (C=O) groups is 2. The Labute approximate surface area is 119 Å². The molecule has 1 saturated carbocycles. The fourth-order valence-electron chi connectivity index (χ4n) is 3.76. The number of methoxy groups -OCH3 is 2. The number of carbonyl (C=O) groups excluding carboxylic acids is 2. The fraction of sp³-hybridized carbons (Fsp3) is 0.692. The fourth-order valence-corrected chi connectivity index (χ4v) is 4.57. The first-order chi connectivity index (χ1) is 8.97. The highest BCUT2D eigenvalue weighted by atomic mass is 79.9. The average molecular weight is 331 g/mol. The Balaban J connectivity index is 2.18. The highest BCUT2D eigenvalue weighted by Gasteiger charge is 2.68. The zero-order chi connectivity index (χ0) is 13.9. The van der Waals surface area contributed by atoms with Crippen molar-refractivity contribution in [2.45, 2.75) is 25.2 Å². The summed E-state index contributed by atoms with van der Waals surface area (Å²) in [5.41, 5.74) is 0.958. The van der Waals surface area contributed by atoms with Gasteiger partial charge in [0.15, 0.2) is 5.78 Å². The molecule has 6 heteroatoms. The maximum absolute atomic E-state index is 12.7. The molecule has 2 bridgehead atoms. The van der Waals surface area contributed by atoms with Crippen LogP contribution in [-0.2, 0) is 23.8 Å². The van der Waals surface area contributed by atoms with Crippen LogP contribution in [0, 0.1) is 17.8 Å². The number of esters is 1. The Morgan fingerprint density at radius 2 is 1.95 bits per heavy atom. The Morgan fingerprint density at radius 1 is 1.32 bits per heavy atom. The largest absolute Gasteiger partial charge is 0.461 e. The van der Waals surface area contributed by atoms with Crippen LogP contribution in [0.5, 0.6) is 0 Å². The van der Waals surface area contributed by atoms with Gasteiger partial charge >= 0.3 is 5.97 Å². The molecule has 0 N–H and O–H groups in total. The minimum atomic E-state index is -1.35. The quantitative estimate of drug-likeness (QED) is 0.565. The summed E-state index contributed by atoms with van der Waals surface area (Å²) >= 11 is 3.53. The molecule has 0 aromatic carbocycles. The molecular formula is C13H15BrO5. The van der Waals surface area contributed by atoms with Crippen molar-refractivity contribution in [2.24, 2.45) is 17.8 Å². The summed E-state index contributed by atoms with van der Waals surface area (Å²) in [6.07, 6.45) is -0.0632. The molecule has 0 unspecified atom stereocenters. The highest BCUT2D eigenvalue weighted by Crippen LogP contribution is 2.57. The van der Waals surface area contributed by atoms with Gasteiger partial charge in [0.05, 0.1) is 18.3 Å². The van der Waals surface area contributed by atoms with E-state index in [0.29, 0.717) is 6.42 Å². The molecule has 0 radical (unpaired) electrons. The minimum absolute atomic E-state index is 0.0928. The van der Waals surface area contributed by atoms with Crippen molar-refractivity contribution >= 4 is 27.7 Å². The first kappa shape index (κ1) is 13.3. The molecule has 3 aliphatic carbocycles. The van der Waals surface area contributed by atoms with Gasteiger partial charge < -0.3 is 14.2 Å². The Hall–Kier alpha value is -0.720. The van der Waals surface area contributed by atoms with Gasteiger partial charge in [-0.05, 0) is 6.92 Å². The standard InChI is InChI=1S/C13H15BrO5/c1-5-8-6-4-7(15)19-11(6)9(10(5)14)13(17-2,18-3)12(8)16/h6,8-9,11H,4H2,1-3H3/t6-,8+,9-,11-/m0/s1. The van der Waals surface area contributed by atoms with E-state index in [4.69, 9.17) is 14.2 Å². The molecule has 19 heavy (non-hydrogen) atoms. The zero-order valence-corrected chi connectivity index (χ0v) is 12.5. The molecule has 4 rings (SSSR count). The summed E-state index contributed by atoms with van der Waals surface area (Å²) in [6, 6.07) is 0. The lowest BCUT2D eigenvalue weighted by Crippen LogP contribution is -2.65. The van der Waals surface area contributed by atoms with Gasteiger partial charge in [0, 0.05) is 24.6 Å². The van der Waals surface area contributed by atoms with Crippen molar-refractivity contribution < 1.29 is 23.8 Å². The van der Waals surface area contributed by atoms with Gasteiger partial charge in [-0.2, -0.15) is 0 Å². The maximum Gasteiger partial charge on any atom is 0.306 e. The van der Waals surface area contributed by atoms with Crippen molar-refractivity contribution in [3.63, 3.8) is 0 Å². The van der Waals surface area contributed by atoms with Crippen LogP contribution in [0.2, 0.25) is 0 Å². The second kappa shape index (κ2) is 4.14. The molecule has 0 aromatic rings. The van der Waals surface area contributed by atoms with Crippen LogP contribution in [0.3, 0.4) is 0 Å². The first-order valence-electron chi connectivity index (χ1n) is 6.18. The number of ether oxygens (including phenoxy) is 3. The topological polar surface area (TPSA) is 61.8 Å². The third-order valence-electron chi connectivity index (χ3n) is 4.61. The number of allylic oxidation sites excluding steroid dienone is 1. The van der Waals surface area contributed by atoms with Crippen LogP contribution < -0.4 is 0 Å². The van der Waals surface area contributed by atoms with Crippen molar-refractivity contribution in [3.8, 4) is 0 Å². The second-order valence-corrected chi connectivity index (χ2v) is 6.10. The van der Waals surface area contributed by atoms with Crippen LogP contribution in [0.15, 0.2) is 10.1 Å². The lowest BCUT2D eigenvalue weighted by Gasteiger charge is -2.52. The second-order valence-electron chi connectivity index (χ2n) is 5.25. The lowest BCUT2D eigenvalue weighted by molar-refractivity contribution is -0.255. The Kier molecular flexibility index (Phi) is 2.89. The van der Waals surface area contributed by atoms with E-state index in [0.717, 1.165) is 10.1 Å². The smallest absolute Gasteiger partial charge is 0.306 e. The van der Waals surface area contributed by atoms with Crippen LogP contribution in [0.25, 0.3) is 0 Å². The van der Waals surface area contributed by atoms with E-state index in [-0.39, 0.29) is 29.7 Å². The van der Waals surface area contributed by atoms with E-state index in [2.05, 4.69) is 15.9 Å². The molecule has 0 amide bonds. The average Bonchev–Trinajstić information content (AvgIpc) is 2.76. The van der Waals surface area contributed by atoms with Crippen molar-refractivity contribution in [2.75, 3.05) is 14.2 Å². The number of hydrogen-bond donors (Lipinski definition) is 0. The zero-order valence-electron chi connectivity index (χ0n) is 10.9. The van der Waals surface area contributed by atoms with Gasteiger partial charge in [-0.15, -0.1) is 0 Å². The van der Waals surface area contributed by atoms with Gasteiger partial charge in [-0.1, -0.05) is 21.5 Å². The van der Waals surface area contributed by atoms with Crippen LogP contribution >= 0.6 is 15.9 Å². The Bertz CT molecular complexity index is 493. The number of Topliss-reactive ketones (excluding diaryl/α,β-unsaturated/α-hetero) is 1. The summed E-state index contributed by atoms with van der Waals surface area (Å²) in [5.74, 6) is -2.61. The van der Waals surface area contributed by atoms with E-state index >= 15 is 0 Å². The van der Waals surface area contributed by atoms with E-state index in [9.17, 15) is 9.59 Å². The molecule has 1 saturated heterocycles. The SMILES string of the molecule is COC1(OC)C(=O)[C@@H]2C(C)=C(Br)[C@H]1[C@H]1OC(=O)C[C@@H]21. The van der Waals surface area contributed by atoms with Crippen molar-refractivity contribution in [1.29, 1.82) is 0 Å². The molecule has 2 fully saturated rings. The van der Waals surface area contributed by atoms with E-state index in [1.165, 1.54) is 14.2 Å². The van der Waals surface area contributed by atoms with Gasteiger partial charge in [0.2, 0.25) is 5.79 Å². The predicted molar refractivity (Wildman–Crippen MR) is 68.4 cm³/mol. The molecule has 5 nitrogen and oxygen atoms in total. The van der Waals surface area contributed by atoms with Gasteiger partial charge in [0.1, 0.15) is 6.10 Å². The summed E-state index contributed by atoms with van der Waals surface area (Å²) in [4.78, 5) is 24.3. The molecule has 1 aliphatic heterocycles. The summed E-state index contributed by atoms with van der Waals surface area (Å²) in [5, 5.41) is 0. The molecule has 0 spiro atoms. The minimum Gasteiger partial charge on any atom is -0.461 e. The van der Waals surface area contributed by atoms with Gasteiger partial charge in [-0.3, -0.25) is 9.59 Å². The van der Waals surface area contributed by atoms with Gasteiger partial charge in [-0.25, -0.2) is 0 Å². The maximum atomic E-state index is 12.7.